The molecule has 0 atom stereocenters. The summed E-state index contributed by atoms with van der Waals surface area (Å²) >= 11 is 0. The summed E-state index contributed by atoms with van der Waals surface area (Å²) in [6.45, 7) is 14.0. The van der Waals surface area contributed by atoms with E-state index >= 15 is 0 Å². The van der Waals surface area contributed by atoms with Crippen molar-refractivity contribution in [3.63, 3.8) is 0 Å². The molecule has 1 heteroatoms. The Morgan fingerprint density at radius 2 is 1.38 bits per heavy atom. The number of fused-ring (bicyclic) bond motifs is 1. The fourth-order valence-electron chi connectivity index (χ4n) is 4.21. The summed E-state index contributed by atoms with van der Waals surface area (Å²) in [6, 6.07) is 13.5. The molecule has 0 aromatic heterocycles. The Kier molecular flexibility index (Phi) is 4.02. The van der Waals surface area contributed by atoms with Gasteiger partial charge in [-0.1, -0.05) is 52.0 Å². The third-order valence-corrected chi connectivity index (χ3v) is 6.12. The van der Waals surface area contributed by atoms with Gasteiger partial charge in [-0.05, 0) is 71.9 Å². The Hall–Kier alpha value is -1.76. The molecule has 24 heavy (non-hydrogen) atoms. The molecule has 0 spiro atoms. The van der Waals surface area contributed by atoms with Crippen LogP contribution in [0.3, 0.4) is 0 Å². The van der Waals surface area contributed by atoms with Crippen LogP contribution in [-0.4, -0.2) is 7.05 Å². The quantitative estimate of drug-likeness (QED) is 0.617. The first-order chi connectivity index (χ1) is 11.1. The first kappa shape index (κ1) is 17.1. The van der Waals surface area contributed by atoms with E-state index < -0.39 is 0 Å². The summed E-state index contributed by atoms with van der Waals surface area (Å²) in [7, 11) is 2.22. The van der Waals surface area contributed by atoms with E-state index in [4.69, 9.17) is 0 Å². The molecule has 0 N–H and O–H groups in total. The van der Waals surface area contributed by atoms with Crippen LogP contribution < -0.4 is 4.90 Å². The van der Waals surface area contributed by atoms with Gasteiger partial charge in [0.05, 0.1) is 0 Å². The van der Waals surface area contributed by atoms with Gasteiger partial charge in [0, 0.05) is 18.4 Å². The number of hydrogen-bond acceptors (Lipinski definition) is 1. The molecule has 128 valence electrons. The van der Waals surface area contributed by atoms with E-state index in [1.54, 1.807) is 0 Å². The predicted molar refractivity (Wildman–Crippen MR) is 106 cm³/mol. The Balaban J connectivity index is 2.21. The first-order valence-electron chi connectivity index (χ1n) is 9.09. The van der Waals surface area contributed by atoms with Gasteiger partial charge in [0.15, 0.2) is 0 Å². The van der Waals surface area contributed by atoms with Crippen molar-refractivity contribution < 1.29 is 0 Å². The molecule has 0 saturated heterocycles. The molecule has 0 heterocycles. The second kappa shape index (κ2) is 5.65. The lowest BCUT2D eigenvalue weighted by Gasteiger charge is -2.44. The average Bonchev–Trinajstić information content (AvgIpc) is 2.53. The highest BCUT2D eigenvalue weighted by molar-refractivity contribution is 5.72. The van der Waals surface area contributed by atoms with Crippen molar-refractivity contribution in [3.8, 4) is 0 Å². The lowest BCUT2D eigenvalue weighted by Crippen LogP contribution is -2.35. The van der Waals surface area contributed by atoms with Gasteiger partial charge in [-0.25, -0.2) is 0 Å². The Morgan fingerprint density at radius 3 is 2.08 bits per heavy atom. The van der Waals surface area contributed by atoms with E-state index in [1.165, 1.54) is 46.5 Å². The summed E-state index contributed by atoms with van der Waals surface area (Å²) in [5.41, 5.74) is 8.91. The van der Waals surface area contributed by atoms with E-state index in [0.717, 1.165) is 0 Å². The van der Waals surface area contributed by atoms with Crippen LogP contribution in [-0.2, 0) is 10.8 Å². The maximum atomic E-state index is 2.40. The highest BCUT2D eigenvalue weighted by Crippen LogP contribution is 2.50. The molecule has 0 aliphatic heterocycles. The zero-order valence-corrected chi connectivity index (χ0v) is 16.3. The van der Waals surface area contributed by atoms with Gasteiger partial charge in [-0.2, -0.15) is 0 Å². The summed E-state index contributed by atoms with van der Waals surface area (Å²) in [5, 5.41) is 0. The SMILES string of the molecule is Cc1cccc(N(C)c2cccc3c2C(C)(C)CCC3(C)C)c1C. The minimum atomic E-state index is 0.216. The number of anilines is 2. The second-order valence-corrected chi connectivity index (χ2v) is 8.75. The highest BCUT2D eigenvalue weighted by atomic mass is 15.1. The van der Waals surface area contributed by atoms with Crippen LogP contribution in [0, 0.1) is 13.8 Å². The summed E-state index contributed by atoms with van der Waals surface area (Å²) < 4.78 is 0. The third kappa shape index (κ3) is 2.64. The molecular weight excluding hydrogens is 290 g/mol. The van der Waals surface area contributed by atoms with Crippen LogP contribution in [0.1, 0.15) is 62.8 Å². The third-order valence-electron chi connectivity index (χ3n) is 6.12. The van der Waals surface area contributed by atoms with E-state index in [0.29, 0.717) is 0 Å². The molecule has 0 saturated carbocycles. The van der Waals surface area contributed by atoms with Crippen molar-refractivity contribution in [2.45, 2.75) is 65.2 Å². The topological polar surface area (TPSA) is 3.24 Å². The summed E-state index contributed by atoms with van der Waals surface area (Å²) in [4.78, 5) is 2.39. The lowest BCUT2D eigenvalue weighted by atomic mass is 9.62. The molecule has 0 fully saturated rings. The molecule has 2 aromatic rings. The van der Waals surface area contributed by atoms with Crippen molar-refractivity contribution in [1.29, 1.82) is 0 Å². The van der Waals surface area contributed by atoms with E-state index in [1.807, 2.05) is 0 Å². The van der Waals surface area contributed by atoms with Crippen molar-refractivity contribution in [2.24, 2.45) is 0 Å². The maximum absolute atomic E-state index is 2.40. The zero-order valence-electron chi connectivity index (χ0n) is 16.3. The van der Waals surface area contributed by atoms with Crippen molar-refractivity contribution in [1.82, 2.24) is 0 Å². The molecule has 0 amide bonds. The minimum Gasteiger partial charge on any atom is -0.344 e. The fourth-order valence-corrected chi connectivity index (χ4v) is 4.21. The number of rotatable bonds is 2. The first-order valence-corrected chi connectivity index (χ1v) is 9.09. The zero-order chi connectivity index (χ0) is 17.7. The molecule has 0 unspecified atom stereocenters. The van der Waals surface area contributed by atoms with E-state index in [9.17, 15) is 0 Å². The van der Waals surface area contributed by atoms with Crippen LogP contribution in [0.2, 0.25) is 0 Å². The summed E-state index contributed by atoms with van der Waals surface area (Å²) in [5.74, 6) is 0. The predicted octanol–water partition coefficient (Wildman–Crippen LogP) is 6.42. The number of hydrogen-bond donors (Lipinski definition) is 0. The molecule has 0 radical (unpaired) electrons. The van der Waals surface area contributed by atoms with E-state index in [-0.39, 0.29) is 10.8 Å². The highest BCUT2D eigenvalue weighted by Gasteiger charge is 2.39. The van der Waals surface area contributed by atoms with Gasteiger partial charge in [0.1, 0.15) is 0 Å². The monoisotopic (exact) mass is 321 g/mol. The molecule has 0 bridgehead atoms. The van der Waals surface area contributed by atoms with Gasteiger partial charge in [-0.15, -0.1) is 0 Å². The fraction of sp³-hybridized carbons (Fsp3) is 0.478. The Bertz CT molecular complexity index is 768. The van der Waals surface area contributed by atoms with Gasteiger partial charge in [0.2, 0.25) is 0 Å². The number of aryl methyl sites for hydroxylation is 1. The molecule has 1 nitrogen and oxygen atoms in total. The molecular formula is C23H31N. The van der Waals surface area contributed by atoms with Gasteiger partial charge in [-0.3, -0.25) is 0 Å². The van der Waals surface area contributed by atoms with Crippen molar-refractivity contribution in [2.75, 3.05) is 11.9 Å². The van der Waals surface area contributed by atoms with Crippen LogP contribution in [0.4, 0.5) is 11.4 Å². The van der Waals surface area contributed by atoms with Gasteiger partial charge in [0.25, 0.3) is 0 Å². The second-order valence-electron chi connectivity index (χ2n) is 8.75. The average molecular weight is 322 g/mol. The molecule has 1 aliphatic rings. The normalized spacial score (nSPS) is 18.1. The Morgan fingerprint density at radius 1 is 0.792 bits per heavy atom. The van der Waals surface area contributed by atoms with E-state index in [2.05, 4.69) is 89.9 Å². The number of benzene rings is 2. The van der Waals surface area contributed by atoms with Crippen LogP contribution in [0.5, 0.6) is 0 Å². The Labute approximate surface area is 147 Å². The minimum absolute atomic E-state index is 0.216. The van der Waals surface area contributed by atoms with Crippen LogP contribution >= 0.6 is 0 Å². The molecule has 2 aromatic carbocycles. The van der Waals surface area contributed by atoms with Gasteiger partial charge >= 0.3 is 0 Å². The molecule has 3 rings (SSSR count). The standard InChI is InChI=1S/C23H31N/c1-16-10-8-12-19(17(16)2)24(7)20-13-9-11-18-21(20)23(5,6)15-14-22(18,3)4/h8-13H,14-15H2,1-7H3. The van der Waals surface area contributed by atoms with Crippen LogP contribution in [0.15, 0.2) is 36.4 Å². The van der Waals surface area contributed by atoms with Crippen molar-refractivity contribution in [3.05, 3.63) is 58.7 Å². The summed E-state index contributed by atoms with van der Waals surface area (Å²) in [6.07, 6.45) is 2.49. The van der Waals surface area contributed by atoms with Crippen LogP contribution in [0.25, 0.3) is 0 Å². The van der Waals surface area contributed by atoms with Gasteiger partial charge < -0.3 is 4.90 Å². The molecule has 1 aliphatic carbocycles. The largest absolute Gasteiger partial charge is 0.344 e. The van der Waals surface area contributed by atoms with Crippen molar-refractivity contribution >= 4 is 11.4 Å². The number of nitrogens with zero attached hydrogens (tertiary/aromatic N) is 1. The lowest BCUT2D eigenvalue weighted by molar-refractivity contribution is 0.332. The maximum Gasteiger partial charge on any atom is 0.0449 e. The smallest absolute Gasteiger partial charge is 0.0449 e.